The van der Waals surface area contributed by atoms with Crippen molar-refractivity contribution in [2.75, 3.05) is 40.3 Å². The molecule has 2 aromatic carbocycles. The van der Waals surface area contributed by atoms with Crippen molar-refractivity contribution in [2.24, 2.45) is 0 Å². The largest absolute Gasteiger partial charge is 0.473 e. The van der Waals surface area contributed by atoms with E-state index in [1.807, 2.05) is 0 Å². The van der Waals surface area contributed by atoms with Crippen molar-refractivity contribution in [1.82, 2.24) is 9.80 Å². The monoisotopic (exact) mass is 522 g/mol. The number of likely N-dealkylation sites (N-methyl/N-ethyl adjacent to an activating group) is 2. The van der Waals surface area contributed by atoms with E-state index in [-0.39, 0.29) is 11.6 Å². The summed E-state index contributed by atoms with van der Waals surface area (Å²) in [5.41, 5.74) is 3.76. The summed E-state index contributed by atoms with van der Waals surface area (Å²) in [6, 6.07) is 19.5. The van der Waals surface area contributed by atoms with Gasteiger partial charge in [-0.25, -0.2) is 19.2 Å². The number of carboxylic acids is 4. The van der Waals surface area contributed by atoms with Crippen LogP contribution in [0.4, 0.5) is 0 Å². The number of hydrogen-bond donors (Lipinski definition) is 4. The number of piperazine rings is 1. The third-order valence-electron chi connectivity index (χ3n) is 5.37. The number of aryl methyl sites for hydroxylation is 1. The molecular weight excluding hydrogens is 488 g/mol. The van der Waals surface area contributed by atoms with Gasteiger partial charge < -0.3 is 35.5 Å². The summed E-state index contributed by atoms with van der Waals surface area (Å²) in [5.74, 6) is -7.30. The van der Waals surface area contributed by atoms with E-state index < -0.39 is 23.9 Å². The Morgan fingerprint density at radius 1 is 0.838 bits per heavy atom. The molecule has 2 atom stereocenters. The topological polar surface area (TPSA) is 196 Å². The standard InChI is InChI=1S/C21H28N2O.2C2H2O4.H2O/c1-17-9-7-8-12-20(17)21(18-10-5-4-6-11-18)24-16-19-15-22(2)13-14-23(19)3;2*3-1(4)2(5)6;/h4-12,19,21H,13-16H2,1-3H3;2*(H,3,4)(H,5,6);1H2. The predicted molar refractivity (Wildman–Crippen MR) is 133 cm³/mol. The lowest BCUT2D eigenvalue weighted by Gasteiger charge is -2.38. The zero-order valence-corrected chi connectivity index (χ0v) is 20.9. The van der Waals surface area contributed by atoms with Crippen LogP contribution in [0.2, 0.25) is 0 Å². The molecule has 12 nitrogen and oxygen atoms in total. The normalized spacial score (nSPS) is 15.9. The first-order valence-corrected chi connectivity index (χ1v) is 11.0. The van der Waals surface area contributed by atoms with Gasteiger partial charge >= 0.3 is 23.9 Å². The van der Waals surface area contributed by atoms with Crippen LogP contribution < -0.4 is 0 Å². The molecule has 2 unspecified atom stereocenters. The molecule has 1 heterocycles. The van der Waals surface area contributed by atoms with Crippen LogP contribution in [0.5, 0.6) is 0 Å². The number of hydrogen-bond acceptors (Lipinski definition) is 7. The molecule has 0 radical (unpaired) electrons. The summed E-state index contributed by atoms with van der Waals surface area (Å²) in [4.78, 5) is 41.2. The van der Waals surface area contributed by atoms with Crippen molar-refractivity contribution in [3.8, 4) is 0 Å². The first-order valence-electron chi connectivity index (χ1n) is 11.0. The summed E-state index contributed by atoms with van der Waals surface area (Å²) in [6.45, 7) is 6.20. The van der Waals surface area contributed by atoms with E-state index in [4.69, 9.17) is 44.3 Å². The maximum absolute atomic E-state index is 9.10. The van der Waals surface area contributed by atoms with E-state index in [0.717, 1.165) is 26.2 Å². The van der Waals surface area contributed by atoms with Crippen LogP contribution in [-0.2, 0) is 23.9 Å². The second-order valence-corrected chi connectivity index (χ2v) is 8.10. The van der Waals surface area contributed by atoms with Crippen LogP contribution >= 0.6 is 0 Å². The van der Waals surface area contributed by atoms with Gasteiger partial charge in [0.25, 0.3) is 0 Å². The third kappa shape index (κ3) is 12.1. The van der Waals surface area contributed by atoms with Gasteiger partial charge in [-0.3, -0.25) is 4.90 Å². The number of carbonyl (C=O) groups is 4. The molecular formula is C25H34N2O10. The number of nitrogens with zero attached hydrogens (tertiary/aromatic N) is 2. The quantitative estimate of drug-likeness (QED) is 0.406. The minimum Gasteiger partial charge on any atom is -0.473 e. The molecule has 2 aromatic rings. The Hall–Kier alpha value is -3.84. The van der Waals surface area contributed by atoms with Crippen LogP contribution in [0.3, 0.4) is 0 Å². The number of carboxylic acid groups (broad SMARTS) is 4. The van der Waals surface area contributed by atoms with E-state index in [9.17, 15) is 0 Å². The summed E-state index contributed by atoms with van der Waals surface area (Å²) in [5, 5.41) is 29.6. The summed E-state index contributed by atoms with van der Waals surface area (Å²) < 4.78 is 6.48. The fourth-order valence-electron chi connectivity index (χ4n) is 3.36. The van der Waals surface area contributed by atoms with Crippen molar-refractivity contribution in [3.05, 3.63) is 71.3 Å². The molecule has 6 N–H and O–H groups in total. The molecule has 3 rings (SSSR count). The Kier molecular flexibility index (Phi) is 15.0. The first kappa shape index (κ1) is 33.2. The van der Waals surface area contributed by atoms with Crippen LogP contribution in [0.1, 0.15) is 22.8 Å². The van der Waals surface area contributed by atoms with Crippen molar-refractivity contribution in [2.45, 2.75) is 19.1 Å². The van der Waals surface area contributed by atoms with Crippen molar-refractivity contribution in [3.63, 3.8) is 0 Å². The highest BCUT2D eigenvalue weighted by molar-refractivity contribution is 6.27. The lowest BCUT2D eigenvalue weighted by molar-refractivity contribution is -0.159. The van der Waals surface area contributed by atoms with Gasteiger partial charge in [-0.15, -0.1) is 0 Å². The Morgan fingerprint density at radius 3 is 1.81 bits per heavy atom. The fraction of sp³-hybridized carbons (Fsp3) is 0.360. The second-order valence-electron chi connectivity index (χ2n) is 8.10. The molecule has 0 aromatic heterocycles. The van der Waals surface area contributed by atoms with Crippen molar-refractivity contribution >= 4 is 23.9 Å². The van der Waals surface area contributed by atoms with Gasteiger partial charge in [0.05, 0.1) is 6.61 Å². The van der Waals surface area contributed by atoms with Gasteiger partial charge in [-0.2, -0.15) is 0 Å². The number of benzene rings is 2. The van der Waals surface area contributed by atoms with Crippen LogP contribution in [0, 0.1) is 6.92 Å². The smallest absolute Gasteiger partial charge is 0.414 e. The summed E-state index contributed by atoms with van der Waals surface area (Å²) >= 11 is 0. The predicted octanol–water partition coefficient (Wildman–Crippen LogP) is 0.833. The highest BCUT2D eigenvalue weighted by atomic mass is 16.5. The van der Waals surface area contributed by atoms with E-state index in [1.165, 1.54) is 16.7 Å². The number of aliphatic carboxylic acids is 4. The molecule has 204 valence electrons. The lowest BCUT2D eigenvalue weighted by atomic mass is 9.97. The van der Waals surface area contributed by atoms with Gasteiger partial charge in [0.2, 0.25) is 0 Å². The zero-order valence-electron chi connectivity index (χ0n) is 20.9. The molecule has 1 fully saturated rings. The molecule has 0 spiro atoms. The van der Waals surface area contributed by atoms with E-state index in [2.05, 4.69) is 85.4 Å². The van der Waals surface area contributed by atoms with Gasteiger partial charge in [-0.05, 0) is 37.7 Å². The minimum absolute atomic E-state index is 0. The maximum Gasteiger partial charge on any atom is 0.414 e. The minimum atomic E-state index is -1.82. The van der Waals surface area contributed by atoms with E-state index in [1.54, 1.807) is 0 Å². The zero-order chi connectivity index (χ0) is 27.3. The molecule has 0 amide bonds. The Bertz CT molecular complexity index is 968. The van der Waals surface area contributed by atoms with Crippen LogP contribution in [0.15, 0.2) is 54.6 Å². The lowest BCUT2D eigenvalue weighted by Crippen LogP contribution is -2.52. The van der Waals surface area contributed by atoms with Crippen LogP contribution in [-0.4, -0.2) is 106 Å². The molecule has 1 aliphatic heterocycles. The molecule has 1 aliphatic rings. The summed E-state index contributed by atoms with van der Waals surface area (Å²) in [6.07, 6.45) is -0.00645. The average molecular weight is 523 g/mol. The highest BCUT2D eigenvalue weighted by Gasteiger charge is 2.25. The third-order valence-corrected chi connectivity index (χ3v) is 5.37. The van der Waals surface area contributed by atoms with Gasteiger partial charge in [0.1, 0.15) is 6.10 Å². The summed E-state index contributed by atoms with van der Waals surface area (Å²) in [7, 11) is 4.39. The Labute approximate surface area is 214 Å². The molecule has 37 heavy (non-hydrogen) atoms. The molecule has 12 heteroatoms. The maximum atomic E-state index is 9.10. The van der Waals surface area contributed by atoms with E-state index in [0.29, 0.717) is 6.04 Å². The van der Waals surface area contributed by atoms with Gasteiger partial charge in [-0.1, -0.05) is 54.6 Å². The SMILES string of the molecule is Cc1ccccc1C(OCC1CN(C)CCN1C)c1ccccc1.O.O=C(O)C(=O)O.O=C(O)C(=O)O. The van der Waals surface area contributed by atoms with Crippen LogP contribution in [0.25, 0.3) is 0 Å². The van der Waals surface area contributed by atoms with Crippen molar-refractivity contribution < 1.29 is 49.8 Å². The number of ether oxygens (including phenoxy) is 1. The van der Waals surface area contributed by atoms with E-state index >= 15 is 0 Å². The molecule has 0 bridgehead atoms. The van der Waals surface area contributed by atoms with Gasteiger partial charge in [0.15, 0.2) is 0 Å². The van der Waals surface area contributed by atoms with Gasteiger partial charge in [0, 0.05) is 25.7 Å². The van der Waals surface area contributed by atoms with Crippen molar-refractivity contribution in [1.29, 1.82) is 0 Å². The number of rotatable bonds is 5. The fourth-order valence-corrected chi connectivity index (χ4v) is 3.36. The molecule has 0 aliphatic carbocycles. The Balaban J connectivity index is 0.000000836. The Morgan fingerprint density at radius 2 is 1.32 bits per heavy atom. The molecule has 0 saturated carbocycles. The second kappa shape index (κ2) is 16.8. The highest BCUT2D eigenvalue weighted by Crippen LogP contribution is 2.29. The molecule has 1 saturated heterocycles. The average Bonchev–Trinajstić information content (AvgIpc) is 2.83. The first-order chi connectivity index (χ1) is 16.9.